The summed E-state index contributed by atoms with van der Waals surface area (Å²) in [4.78, 5) is 34.0. The molecule has 0 saturated heterocycles. The number of amidine groups is 1. The monoisotopic (exact) mass is 585 g/mol. The lowest BCUT2D eigenvalue weighted by Gasteiger charge is -2.35. The van der Waals surface area contributed by atoms with Gasteiger partial charge in [-0.1, -0.05) is 17.7 Å². The molecule has 1 unspecified atom stereocenters. The molecule has 1 fully saturated rings. The van der Waals surface area contributed by atoms with Gasteiger partial charge in [-0.15, -0.1) is 11.3 Å². The van der Waals surface area contributed by atoms with Crippen LogP contribution in [0.25, 0.3) is 0 Å². The largest absolute Gasteiger partial charge is 0.469 e. The predicted octanol–water partition coefficient (Wildman–Crippen LogP) is 5.19. The Kier molecular flexibility index (Phi) is 8.60. The fraction of sp³-hybridized carbons (Fsp3) is 0.393. The van der Waals surface area contributed by atoms with Crippen LogP contribution in [0.15, 0.2) is 58.4 Å². The Morgan fingerprint density at radius 3 is 2.62 bits per heavy atom. The van der Waals surface area contributed by atoms with Crippen molar-refractivity contribution in [1.29, 1.82) is 0 Å². The molecule has 1 aliphatic heterocycles. The van der Waals surface area contributed by atoms with Gasteiger partial charge in [-0.3, -0.25) is 14.5 Å². The van der Waals surface area contributed by atoms with Crippen LogP contribution in [-0.2, 0) is 25.6 Å². The SMILES string of the molecule is COC(=O)CCn1cc([C@H]2CC[C@H](C3=C(C(=O)OC)C(c4ccc(F)cc4Cl)N=C(c4nccs4)N3)CC2)cn1. The average Bonchev–Trinajstić information content (AvgIpc) is 3.68. The molecular weight excluding hydrogens is 557 g/mol. The van der Waals surface area contributed by atoms with Crippen molar-refractivity contribution in [2.24, 2.45) is 10.9 Å². The van der Waals surface area contributed by atoms with Crippen LogP contribution in [0.4, 0.5) is 4.39 Å². The molecule has 210 valence electrons. The highest BCUT2D eigenvalue weighted by molar-refractivity contribution is 7.11. The second-order valence-electron chi connectivity index (χ2n) is 9.74. The number of benzene rings is 1. The fourth-order valence-electron chi connectivity index (χ4n) is 5.36. The lowest BCUT2D eigenvalue weighted by molar-refractivity contribution is -0.141. The summed E-state index contributed by atoms with van der Waals surface area (Å²) < 4.78 is 25.6. The highest BCUT2D eigenvalue weighted by Gasteiger charge is 2.38. The Morgan fingerprint density at radius 1 is 1.18 bits per heavy atom. The minimum absolute atomic E-state index is 0.0342. The average molecular weight is 586 g/mol. The number of aliphatic imine (C=N–C) groups is 1. The predicted molar refractivity (Wildman–Crippen MR) is 149 cm³/mol. The van der Waals surface area contributed by atoms with E-state index in [-0.39, 0.29) is 23.3 Å². The molecular formula is C28H29ClFN5O4S. The first kappa shape index (κ1) is 28.0. The van der Waals surface area contributed by atoms with Crippen molar-refractivity contribution in [3.8, 4) is 0 Å². The number of thiazole rings is 1. The molecule has 1 aromatic carbocycles. The number of esters is 2. The van der Waals surface area contributed by atoms with E-state index < -0.39 is 17.8 Å². The molecule has 0 spiro atoms. The first-order valence-corrected chi connectivity index (χ1v) is 14.2. The molecule has 1 saturated carbocycles. The standard InChI is InChI=1S/C28H29ClFN5O4S/c1-38-22(36)9-11-35-15-18(14-32-35)16-3-5-17(6-4-16)24-23(28(37)39-2)25(20-8-7-19(30)13-21(20)29)34-26(33-24)27-31-10-12-40-27/h7-8,10,12-17,25H,3-6,9,11H2,1-2H3,(H,33,34)/t16-,17-,25?. The molecule has 3 aromatic rings. The summed E-state index contributed by atoms with van der Waals surface area (Å²) >= 11 is 7.90. The zero-order valence-corrected chi connectivity index (χ0v) is 23.7. The van der Waals surface area contributed by atoms with Gasteiger partial charge >= 0.3 is 11.9 Å². The van der Waals surface area contributed by atoms with Gasteiger partial charge in [0.25, 0.3) is 0 Å². The summed E-state index contributed by atoms with van der Waals surface area (Å²) in [5.74, 6) is -0.369. The van der Waals surface area contributed by atoms with Gasteiger partial charge in [-0.2, -0.15) is 5.10 Å². The van der Waals surface area contributed by atoms with E-state index in [1.807, 2.05) is 17.8 Å². The van der Waals surface area contributed by atoms with Crippen LogP contribution in [-0.4, -0.2) is 46.8 Å². The van der Waals surface area contributed by atoms with Crippen LogP contribution >= 0.6 is 22.9 Å². The zero-order chi connectivity index (χ0) is 28.2. The Hall–Kier alpha value is -3.57. The number of carbonyl (C=O) groups excluding carboxylic acids is 2. The normalized spacial score (nSPS) is 21.0. The second kappa shape index (κ2) is 12.3. The van der Waals surface area contributed by atoms with E-state index in [0.717, 1.165) is 36.9 Å². The van der Waals surface area contributed by atoms with Crippen molar-refractivity contribution in [1.82, 2.24) is 20.1 Å². The number of hydrogen-bond donors (Lipinski definition) is 1. The summed E-state index contributed by atoms with van der Waals surface area (Å²) in [5.41, 5.74) is 2.76. The number of allylic oxidation sites excluding steroid dienone is 1. The second-order valence-corrected chi connectivity index (χ2v) is 11.0. The van der Waals surface area contributed by atoms with E-state index in [1.165, 1.54) is 37.7 Å². The van der Waals surface area contributed by atoms with Crippen LogP contribution in [0, 0.1) is 11.7 Å². The lowest BCUT2D eigenvalue weighted by atomic mass is 9.76. The highest BCUT2D eigenvalue weighted by atomic mass is 35.5. The number of ether oxygens (including phenoxy) is 2. The Balaban J connectivity index is 1.42. The number of nitrogens with zero attached hydrogens (tertiary/aromatic N) is 4. The van der Waals surface area contributed by atoms with Gasteiger partial charge in [0.15, 0.2) is 10.8 Å². The molecule has 5 rings (SSSR count). The van der Waals surface area contributed by atoms with Gasteiger partial charge in [-0.25, -0.2) is 14.2 Å². The van der Waals surface area contributed by atoms with Gasteiger partial charge in [0.2, 0.25) is 0 Å². The summed E-state index contributed by atoms with van der Waals surface area (Å²) in [6.07, 6.45) is 9.22. The van der Waals surface area contributed by atoms with Crippen molar-refractivity contribution in [2.45, 2.75) is 50.6 Å². The maximum absolute atomic E-state index is 13.9. The van der Waals surface area contributed by atoms with E-state index in [2.05, 4.69) is 15.4 Å². The smallest absolute Gasteiger partial charge is 0.338 e. The number of aromatic nitrogens is 3. The van der Waals surface area contributed by atoms with Crippen LogP contribution in [0.1, 0.15) is 60.2 Å². The number of rotatable bonds is 8. The molecule has 0 amide bonds. The Labute approximate surface area is 240 Å². The number of halogens is 2. The third kappa shape index (κ3) is 5.95. The maximum atomic E-state index is 13.9. The molecule has 12 heteroatoms. The Morgan fingerprint density at radius 2 is 1.95 bits per heavy atom. The van der Waals surface area contributed by atoms with E-state index >= 15 is 0 Å². The Bertz CT molecular complexity index is 1450. The van der Waals surface area contributed by atoms with Crippen molar-refractivity contribution in [2.75, 3.05) is 14.2 Å². The summed E-state index contributed by atoms with van der Waals surface area (Å²) in [5, 5.41) is 10.5. The number of hydrogen-bond acceptors (Lipinski definition) is 9. The quantitative estimate of drug-likeness (QED) is 0.363. The maximum Gasteiger partial charge on any atom is 0.338 e. The van der Waals surface area contributed by atoms with Crippen molar-refractivity contribution >= 4 is 40.7 Å². The topological polar surface area (TPSA) is 108 Å². The summed E-state index contributed by atoms with van der Waals surface area (Å²) in [6.45, 7) is 0.466. The molecule has 3 heterocycles. The molecule has 1 aliphatic carbocycles. The highest BCUT2D eigenvalue weighted by Crippen LogP contribution is 2.43. The van der Waals surface area contributed by atoms with Gasteiger partial charge in [0, 0.05) is 34.1 Å². The lowest BCUT2D eigenvalue weighted by Crippen LogP contribution is -2.37. The molecule has 1 N–H and O–H groups in total. The van der Waals surface area contributed by atoms with Gasteiger partial charge in [0.1, 0.15) is 11.9 Å². The van der Waals surface area contributed by atoms with Crippen molar-refractivity contribution < 1.29 is 23.5 Å². The van der Waals surface area contributed by atoms with Crippen molar-refractivity contribution in [3.63, 3.8) is 0 Å². The minimum Gasteiger partial charge on any atom is -0.469 e. The van der Waals surface area contributed by atoms with Gasteiger partial charge in [-0.05, 0) is 55.2 Å². The van der Waals surface area contributed by atoms with E-state index in [4.69, 9.17) is 26.1 Å². The molecule has 2 aliphatic rings. The third-order valence-electron chi connectivity index (χ3n) is 7.40. The first-order valence-electron chi connectivity index (χ1n) is 13.0. The van der Waals surface area contributed by atoms with Crippen LogP contribution in [0.2, 0.25) is 5.02 Å². The van der Waals surface area contributed by atoms with Crippen molar-refractivity contribution in [3.05, 3.63) is 80.4 Å². The van der Waals surface area contributed by atoms with E-state index in [9.17, 15) is 14.0 Å². The molecule has 2 aromatic heterocycles. The van der Waals surface area contributed by atoms with Crippen LogP contribution in [0.5, 0.6) is 0 Å². The number of methoxy groups -OCH3 is 2. The number of carbonyl (C=O) groups is 2. The number of aryl methyl sites for hydroxylation is 1. The van der Waals surface area contributed by atoms with Gasteiger partial charge < -0.3 is 14.8 Å². The van der Waals surface area contributed by atoms with Crippen LogP contribution < -0.4 is 5.32 Å². The molecule has 9 nitrogen and oxygen atoms in total. The van der Waals surface area contributed by atoms with E-state index in [0.29, 0.717) is 34.4 Å². The summed E-state index contributed by atoms with van der Waals surface area (Å²) in [7, 11) is 2.71. The van der Waals surface area contributed by atoms with E-state index in [1.54, 1.807) is 16.9 Å². The molecule has 0 bridgehead atoms. The molecule has 1 atom stereocenters. The first-order chi connectivity index (χ1) is 19.4. The zero-order valence-electron chi connectivity index (χ0n) is 22.1. The third-order valence-corrected chi connectivity index (χ3v) is 8.51. The summed E-state index contributed by atoms with van der Waals surface area (Å²) in [6, 6.07) is 3.32. The molecule has 0 radical (unpaired) electrons. The van der Waals surface area contributed by atoms with Crippen LogP contribution in [0.3, 0.4) is 0 Å². The number of nitrogens with one attached hydrogen (secondary N) is 1. The fourth-order valence-corrected chi connectivity index (χ4v) is 6.21. The van der Waals surface area contributed by atoms with Gasteiger partial charge in [0.05, 0.1) is 39.0 Å². The minimum atomic E-state index is -0.776. The molecule has 40 heavy (non-hydrogen) atoms.